The summed E-state index contributed by atoms with van der Waals surface area (Å²) >= 11 is 12.6. The van der Waals surface area contributed by atoms with Gasteiger partial charge in [-0.25, -0.2) is 0 Å². The molecule has 2 saturated heterocycles. The van der Waals surface area contributed by atoms with Crippen molar-refractivity contribution in [2.75, 3.05) is 18.0 Å². The molecule has 0 spiro atoms. The van der Waals surface area contributed by atoms with E-state index in [0.717, 1.165) is 29.6 Å². The minimum Gasteiger partial charge on any atom is -0.293 e. The van der Waals surface area contributed by atoms with Crippen molar-refractivity contribution >= 4 is 40.3 Å². The molecule has 1 atom stereocenters. The minimum absolute atomic E-state index is 0.171. The SMILES string of the molecule is CC(C)(C)N=C1C(N2CCCCC2)C(C)(C)C(=S)N1c1ccccc1Cl. The molecule has 2 aliphatic heterocycles. The Labute approximate surface area is 168 Å². The van der Waals surface area contributed by atoms with Gasteiger partial charge in [0, 0.05) is 5.41 Å². The van der Waals surface area contributed by atoms with Gasteiger partial charge in [-0.05, 0) is 58.8 Å². The molecule has 3 nitrogen and oxygen atoms in total. The lowest BCUT2D eigenvalue weighted by atomic mass is 9.85. The number of aliphatic imine (C=N–C) groups is 1. The van der Waals surface area contributed by atoms with Crippen molar-refractivity contribution in [3.63, 3.8) is 0 Å². The summed E-state index contributed by atoms with van der Waals surface area (Å²) in [5, 5.41) is 0.714. The van der Waals surface area contributed by atoms with Gasteiger partial charge in [0.15, 0.2) is 0 Å². The van der Waals surface area contributed by atoms with Crippen LogP contribution >= 0.6 is 23.8 Å². The Kier molecular flexibility index (Phi) is 5.49. The summed E-state index contributed by atoms with van der Waals surface area (Å²) in [6.45, 7) is 13.2. The highest BCUT2D eigenvalue weighted by Gasteiger charge is 2.52. The van der Waals surface area contributed by atoms with Crippen molar-refractivity contribution in [3.8, 4) is 0 Å². The molecule has 2 fully saturated rings. The molecule has 0 N–H and O–H groups in total. The zero-order chi connectivity index (χ0) is 19.1. The van der Waals surface area contributed by atoms with E-state index >= 15 is 0 Å². The Hall–Kier alpha value is -0.970. The summed E-state index contributed by atoms with van der Waals surface area (Å²) in [6.07, 6.45) is 3.80. The first-order valence-corrected chi connectivity index (χ1v) is 10.3. The van der Waals surface area contributed by atoms with Crippen molar-refractivity contribution in [2.24, 2.45) is 10.4 Å². The fraction of sp³-hybridized carbons (Fsp3) is 0.619. The molecule has 142 valence electrons. The van der Waals surface area contributed by atoms with Gasteiger partial charge in [0.05, 0.1) is 27.3 Å². The average molecular weight is 392 g/mol. The first-order chi connectivity index (χ1) is 12.1. The largest absolute Gasteiger partial charge is 0.293 e. The van der Waals surface area contributed by atoms with Crippen molar-refractivity contribution in [3.05, 3.63) is 29.3 Å². The molecular formula is C21H30ClN3S. The van der Waals surface area contributed by atoms with Crippen molar-refractivity contribution < 1.29 is 0 Å². The highest BCUT2D eigenvalue weighted by Crippen LogP contribution is 2.43. The fourth-order valence-electron chi connectivity index (χ4n) is 4.07. The molecule has 0 radical (unpaired) electrons. The Morgan fingerprint density at radius 3 is 2.31 bits per heavy atom. The Bertz CT molecular complexity index is 714. The molecule has 26 heavy (non-hydrogen) atoms. The molecule has 2 aliphatic rings. The normalized spacial score (nSPS) is 25.9. The monoisotopic (exact) mass is 391 g/mol. The number of para-hydroxylation sites is 1. The number of amidine groups is 1. The van der Waals surface area contributed by atoms with Crippen LogP contribution in [0.2, 0.25) is 5.02 Å². The maximum atomic E-state index is 6.56. The van der Waals surface area contributed by atoms with Gasteiger partial charge in [-0.1, -0.05) is 56.2 Å². The second-order valence-electron chi connectivity index (χ2n) is 8.95. The molecule has 1 aromatic carbocycles. The summed E-state index contributed by atoms with van der Waals surface area (Å²) in [4.78, 5) is 10.8. The predicted molar refractivity (Wildman–Crippen MR) is 117 cm³/mol. The quantitative estimate of drug-likeness (QED) is 0.614. The molecule has 0 aromatic heterocycles. The number of rotatable bonds is 2. The number of hydrogen-bond donors (Lipinski definition) is 0. The van der Waals surface area contributed by atoms with Gasteiger partial charge in [-0.3, -0.25) is 14.8 Å². The van der Waals surface area contributed by atoms with Gasteiger partial charge in [0.1, 0.15) is 5.84 Å². The molecule has 1 unspecified atom stereocenters. The molecule has 2 heterocycles. The van der Waals surface area contributed by atoms with Crippen molar-refractivity contribution in [1.82, 2.24) is 4.90 Å². The lowest BCUT2D eigenvalue weighted by molar-refractivity contribution is 0.154. The number of thiocarbonyl (C=S) groups is 1. The molecule has 0 saturated carbocycles. The van der Waals surface area contributed by atoms with E-state index in [4.69, 9.17) is 28.8 Å². The highest BCUT2D eigenvalue weighted by atomic mass is 35.5. The molecule has 1 aromatic rings. The van der Waals surface area contributed by atoms with E-state index in [9.17, 15) is 0 Å². The fourth-order valence-corrected chi connectivity index (χ4v) is 4.59. The standard InChI is InChI=1S/C21H30ClN3S/c1-20(2,3)23-18-17(24-13-9-6-10-14-24)21(4,5)19(26)25(18)16-12-8-7-11-15(16)22/h7-8,11-12,17H,6,9-10,13-14H2,1-5H3. The minimum atomic E-state index is -0.182. The Morgan fingerprint density at radius 1 is 1.12 bits per heavy atom. The van der Waals surface area contributed by atoms with Crippen LogP contribution in [0.1, 0.15) is 53.9 Å². The van der Waals surface area contributed by atoms with E-state index in [2.05, 4.69) is 44.4 Å². The van der Waals surface area contributed by atoms with E-state index < -0.39 is 0 Å². The molecule has 0 bridgehead atoms. The van der Waals surface area contributed by atoms with Crippen LogP contribution in [0, 0.1) is 5.41 Å². The maximum Gasteiger partial charge on any atom is 0.127 e. The first kappa shape index (κ1) is 19.8. The third kappa shape index (κ3) is 3.69. The molecule has 3 rings (SSSR count). The third-order valence-electron chi connectivity index (χ3n) is 5.21. The molecule has 0 aliphatic carbocycles. The lowest BCUT2D eigenvalue weighted by Gasteiger charge is -2.38. The molecule has 5 heteroatoms. The van der Waals surface area contributed by atoms with Gasteiger partial charge < -0.3 is 0 Å². The van der Waals surface area contributed by atoms with Crippen molar-refractivity contribution in [1.29, 1.82) is 0 Å². The smallest absolute Gasteiger partial charge is 0.127 e. The summed E-state index contributed by atoms with van der Waals surface area (Å²) in [7, 11) is 0. The molecule has 0 amide bonds. The van der Waals surface area contributed by atoms with Gasteiger partial charge in [-0.2, -0.15) is 0 Å². The van der Waals surface area contributed by atoms with E-state index in [1.165, 1.54) is 19.3 Å². The summed E-state index contributed by atoms with van der Waals surface area (Å²) in [5.41, 5.74) is 0.587. The Balaban J connectivity index is 2.15. The number of anilines is 1. The number of halogens is 1. The average Bonchev–Trinajstić information content (AvgIpc) is 2.74. The summed E-state index contributed by atoms with van der Waals surface area (Å²) in [5.74, 6) is 1.04. The second-order valence-corrected chi connectivity index (χ2v) is 9.75. The number of nitrogens with zero attached hydrogens (tertiary/aromatic N) is 3. The van der Waals surface area contributed by atoms with E-state index in [1.807, 2.05) is 24.3 Å². The van der Waals surface area contributed by atoms with E-state index in [-0.39, 0.29) is 17.0 Å². The zero-order valence-electron chi connectivity index (χ0n) is 16.6. The number of hydrogen-bond acceptors (Lipinski definition) is 3. The topological polar surface area (TPSA) is 18.8 Å². The Morgan fingerprint density at radius 2 is 1.73 bits per heavy atom. The first-order valence-electron chi connectivity index (χ1n) is 9.56. The van der Waals surface area contributed by atoms with Crippen molar-refractivity contribution in [2.45, 2.75) is 65.5 Å². The van der Waals surface area contributed by atoms with Gasteiger partial charge in [0.2, 0.25) is 0 Å². The number of benzene rings is 1. The number of piperidine rings is 1. The van der Waals surface area contributed by atoms with Crippen LogP contribution in [0.4, 0.5) is 5.69 Å². The van der Waals surface area contributed by atoms with E-state index in [0.29, 0.717) is 5.02 Å². The maximum absolute atomic E-state index is 6.56. The van der Waals surface area contributed by atoms with Crippen LogP contribution in [-0.2, 0) is 0 Å². The number of likely N-dealkylation sites (tertiary alicyclic amines) is 1. The van der Waals surface area contributed by atoms with Crippen LogP contribution in [-0.4, -0.2) is 40.4 Å². The van der Waals surface area contributed by atoms with Gasteiger partial charge in [0.25, 0.3) is 0 Å². The predicted octanol–water partition coefficient (Wildman–Crippen LogP) is 5.57. The summed E-state index contributed by atoms with van der Waals surface area (Å²) in [6, 6.07) is 8.13. The van der Waals surface area contributed by atoms with Crippen LogP contribution in [0.15, 0.2) is 29.3 Å². The summed E-state index contributed by atoms with van der Waals surface area (Å²) < 4.78 is 0. The van der Waals surface area contributed by atoms with Crippen LogP contribution < -0.4 is 4.90 Å². The van der Waals surface area contributed by atoms with E-state index in [1.54, 1.807) is 0 Å². The van der Waals surface area contributed by atoms with Gasteiger partial charge in [-0.15, -0.1) is 0 Å². The lowest BCUT2D eigenvalue weighted by Crippen LogP contribution is -2.50. The zero-order valence-corrected chi connectivity index (χ0v) is 18.1. The second kappa shape index (κ2) is 7.21. The molecular weight excluding hydrogens is 362 g/mol. The third-order valence-corrected chi connectivity index (χ3v) is 6.24. The van der Waals surface area contributed by atoms with Crippen LogP contribution in [0.3, 0.4) is 0 Å². The van der Waals surface area contributed by atoms with Crippen LogP contribution in [0.5, 0.6) is 0 Å². The van der Waals surface area contributed by atoms with Crippen LogP contribution in [0.25, 0.3) is 0 Å². The van der Waals surface area contributed by atoms with Gasteiger partial charge >= 0.3 is 0 Å². The highest BCUT2D eigenvalue weighted by molar-refractivity contribution is 7.80.